The number of hydrogen-bond acceptors (Lipinski definition) is 3. The minimum Gasteiger partial charge on any atom is -0.456 e. The fourth-order valence-corrected chi connectivity index (χ4v) is 2.07. The first kappa shape index (κ1) is 12.6. The molecule has 0 aliphatic heterocycles. The van der Waals surface area contributed by atoms with E-state index in [1.165, 1.54) is 5.39 Å². The summed E-state index contributed by atoms with van der Waals surface area (Å²) in [6.45, 7) is 1.69. The minimum absolute atomic E-state index is 0.565. The van der Waals surface area contributed by atoms with E-state index in [0.717, 1.165) is 11.1 Å². The SMILES string of the molecule is C[C@@H](O)c1ccc(Oc2ccc3ccccc3c2)cn1. The van der Waals surface area contributed by atoms with Gasteiger partial charge in [0.25, 0.3) is 0 Å². The molecule has 2 aromatic carbocycles. The second kappa shape index (κ2) is 5.31. The van der Waals surface area contributed by atoms with Crippen LogP contribution >= 0.6 is 0 Å². The first-order chi connectivity index (χ1) is 9.72. The average molecular weight is 265 g/mol. The summed E-state index contributed by atoms with van der Waals surface area (Å²) in [5, 5.41) is 11.7. The van der Waals surface area contributed by atoms with Gasteiger partial charge < -0.3 is 9.84 Å². The predicted octanol–water partition coefficient (Wildman–Crippen LogP) is 4.08. The molecular weight excluding hydrogens is 250 g/mol. The van der Waals surface area contributed by atoms with Crippen molar-refractivity contribution in [1.29, 1.82) is 0 Å². The summed E-state index contributed by atoms with van der Waals surface area (Å²) in [7, 11) is 0. The highest BCUT2D eigenvalue weighted by Gasteiger charge is 2.03. The monoisotopic (exact) mass is 265 g/mol. The van der Waals surface area contributed by atoms with Crippen LogP contribution in [-0.4, -0.2) is 10.1 Å². The van der Waals surface area contributed by atoms with Crippen LogP contribution in [0, 0.1) is 0 Å². The molecule has 3 heteroatoms. The van der Waals surface area contributed by atoms with E-state index in [1.807, 2.05) is 36.4 Å². The van der Waals surface area contributed by atoms with Gasteiger partial charge in [-0.1, -0.05) is 30.3 Å². The lowest BCUT2D eigenvalue weighted by molar-refractivity contribution is 0.194. The van der Waals surface area contributed by atoms with Crippen molar-refractivity contribution in [2.75, 3.05) is 0 Å². The number of aliphatic hydroxyl groups excluding tert-OH is 1. The van der Waals surface area contributed by atoms with Gasteiger partial charge in [-0.05, 0) is 42.0 Å². The van der Waals surface area contributed by atoms with Gasteiger partial charge >= 0.3 is 0 Å². The van der Waals surface area contributed by atoms with Gasteiger partial charge in [0.05, 0.1) is 18.0 Å². The second-order valence-corrected chi connectivity index (χ2v) is 4.71. The number of benzene rings is 2. The van der Waals surface area contributed by atoms with Crippen molar-refractivity contribution in [2.45, 2.75) is 13.0 Å². The molecule has 1 aromatic heterocycles. The number of aromatic nitrogens is 1. The highest BCUT2D eigenvalue weighted by molar-refractivity contribution is 5.83. The van der Waals surface area contributed by atoms with Crippen molar-refractivity contribution in [3.05, 3.63) is 66.5 Å². The fourth-order valence-electron chi connectivity index (χ4n) is 2.07. The van der Waals surface area contributed by atoms with Gasteiger partial charge in [0.15, 0.2) is 0 Å². The maximum Gasteiger partial charge on any atom is 0.145 e. The van der Waals surface area contributed by atoms with Crippen LogP contribution in [0.2, 0.25) is 0 Å². The molecule has 0 bridgehead atoms. The highest BCUT2D eigenvalue weighted by Crippen LogP contribution is 2.25. The van der Waals surface area contributed by atoms with Crippen LogP contribution in [-0.2, 0) is 0 Å². The van der Waals surface area contributed by atoms with Crippen molar-refractivity contribution in [3.63, 3.8) is 0 Å². The first-order valence-corrected chi connectivity index (χ1v) is 6.53. The summed E-state index contributed by atoms with van der Waals surface area (Å²) < 4.78 is 5.78. The Balaban J connectivity index is 1.85. The number of fused-ring (bicyclic) bond motifs is 1. The lowest BCUT2D eigenvalue weighted by Crippen LogP contribution is -1.95. The maximum atomic E-state index is 9.42. The summed E-state index contributed by atoms with van der Waals surface area (Å²) in [5.41, 5.74) is 0.635. The van der Waals surface area contributed by atoms with Crippen molar-refractivity contribution < 1.29 is 9.84 Å². The zero-order valence-electron chi connectivity index (χ0n) is 11.2. The molecule has 0 saturated heterocycles. The predicted molar refractivity (Wildman–Crippen MR) is 78.9 cm³/mol. The van der Waals surface area contributed by atoms with E-state index in [9.17, 15) is 5.11 Å². The molecule has 0 radical (unpaired) electrons. The Bertz CT molecular complexity index is 720. The Morgan fingerprint density at radius 3 is 2.40 bits per heavy atom. The molecule has 0 saturated carbocycles. The highest BCUT2D eigenvalue weighted by atomic mass is 16.5. The summed E-state index contributed by atoms with van der Waals surface area (Å²) >= 11 is 0. The van der Waals surface area contributed by atoms with E-state index in [0.29, 0.717) is 11.4 Å². The molecule has 0 spiro atoms. The maximum absolute atomic E-state index is 9.42. The van der Waals surface area contributed by atoms with E-state index in [2.05, 4.69) is 17.1 Å². The molecule has 0 aliphatic carbocycles. The minimum atomic E-state index is -0.565. The van der Waals surface area contributed by atoms with Crippen molar-refractivity contribution >= 4 is 10.8 Å². The fraction of sp³-hybridized carbons (Fsp3) is 0.118. The van der Waals surface area contributed by atoms with Gasteiger partial charge in [-0.15, -0.1) is 0 Å². The third-order valence-corrected chi connectivity index (χ3v) is 3.14. The largest absolute Gasteiger partial charge is 0.456 e. The summed E-state index contributed by atoms with van der Waals surface area (Å²) in [6, 6.07) is 17.7. The van der Waals surface area contributed by atoms with E-state index in [4.69, 9.17) is 4.74 Å². The Hall–Kier alpha value is -2.39. The zero-order valence-corrected chi connectivity index (χ0v) is 11.2. The molecule has 0 aliphatic rings. The smallest absolute Gasteiger partial charge is 0.145 e. The van der Waals surface area contributed by atoms with Crippen LogP contribution < -0.4 is 4.74 Å². The summed E-state index contributed by atoms with van der Waals surface area (Å²) in [4.78, 5) is 4.16. The normalized spacial score (nSPS) is 12.3. The third kappa shape index (κ3) is 2.63. The van der Waals surface area contributed by atoms with E-state index in [-0.39, 0.29) is 0 Å². The topological polar surface area (TPSA) is 42.4 Å². The zero-order chi connectivity index (χ0) is 13.9. The van der Waals surface area contributed by atoms with Crippen LogP contribution in [0.15, 0.2) is 60.8 Å². The van der Waals surface area contributed by atoms with Crippen LogP contribution in [0.3, 0.4) is 0 Å². The van der Waals surface area contributed by atoms with E-state index < -0.39 is 6.10 Å². The molecule has 1 N–H and O–H groups in total. The van der Waals surface area contributed by atoms with Crippen molar-refractivity contribution in [1.82, 2.24) is 4.98 Å². The van der Waals surface area contributed by atoms with Gasteiger partial charge in [-0.3, -0.25) is 4.98 Å². The Morgan fingerprint density at radius 1 is 0.950 bits per heavy atom. The molecule has 0 unspecified atom stereocenters. The van der Waals surface area contributed by atoms with E-state index >= 15 is 0 Å². The summed E-state index contributed by atoms with van der Waals surface area (Å²) in [6.07, 6.45) is 1.06. The number of pyridine rings is 1. The number of rotatable bonds is 3. The van der Waals surface area contributed by atoms with Gasteiger partial charge in [0.1, 0.15) is 11.5 Å². The van der Waals surface area contributed by atoms with Crippen molar-refractivity contribution in [2.24, 2.45) is 0 Å². The van der Waals surface area contributed by atoms with Gasteiger partial charge in [-0.25, -0.2) is 0 Å². The Morgan fingerprint density at radius 2 is 1.70 bits per heavy atom. The average Bonchev–Trinajstić information content (AvgIpc) is 2.48. The van der Waals surface area contributed by atoms with Crippen LogP contribution in [0.25, 0.3) is 10.8 Å². The molecule has 0 amide bonds. The molecule has 1 heterocycles. The quantitative estimate of drug-likeness (QED) is 0.775. The molecule has 20 heavy (non-hydrogen) atoms. The number of hydrogen-bond donors (Lipinski definition) is 1. The lowest BCUT2D eigenvalue weighted by Gasteiger charge is -2.08. The van der Waals surface area contributed by atoms with Crippen molar-refractivity contribution in [3.8, 4) is 11.5 Å². The molecule has 3 nitrogen and oxygen atoms in total. The van der Waals surface area contributed by atoms with E-state index in [1.54, 1.807) is 19.2 Å². The van der Waals surface area contributed by atoms with Gasteiger partial charge in [-0.2, -0.15) is 0 Å². The first-order valence-electron chi connectivity index (χ1n) is 6.53. The van der Waals surface area contributed by atoms with Gasteiger partial charge in [0, 0.05) is 0 Å². The molecule has 3 rings (SSSR count). The molecule has 0 fully saturated rings. The standard InChI is InChI=1S/C17H15NO2/c1-12(19)17-9-8-16(11-18-17)20-15-7-6-13-4-2-3-5-14(13)10-15/h2-12,19H,1H3/t12-/m1/s1. The molecule has 3 aromatic rings. The third-order valence-electron chi connectivity index (χ3n) is 3.14. The lowest BCUT2D eigenvalue weighted by atomic mass is 10.1. The van der Waals surface area contributed by atoms with Crippen LogP contribution in [0.1, 0.15) is 18.7 Å². The van der Waals surface area contributed by atoms with Crippen LogP contribution in [0.4, 0.5) is 0 Å². The molecular formula is C17H15NO2. The molecule has 1 atom stereocenters. The number of ether oxygens (including phenoxy) is 1. The Kier molecular flexibility index (Phi) is 3.35. The Labute approximate surface area is 117 Å². The van der Waals surface area contributed by atoms with Gasteiger partial charge in [0.2, 0.25) is 0 Å². The van der Waals surface area contributed by atoms with Crippen LogP contribution in [0.5, 0.6) is 11.5 Å². The number of aliphatic hydroxyl groups is 1. The summed E-state index contributed by atoms with van der Waals surface area (Å²) in [5.74, 6) is 1.43. The number of nitrogens with zero attached hydrogens (tertiary/aromatic N) is 1. The molecule has 100 valence electrons. The second-order valence-electron chi connectivity index (χ2n) is 4.71.